The Morgan fingerprint density at radius 3 is 2.82 bits per heavy atom. The van der Waals surface area contributed by atoms with Gasteiger partial charge in [0.15, 0.2) is 0 Å². The van der Waals surface area contributed by atoms with Gasteiger partial charge in [0.25, 0.3) is 0 Å². The number of aromatic nitrogens is 1. The SMILES string of the molecule is COC(=O)C[C@](C)(C[N+](=O)[O-])c1cccnc1. The van der Waals surface area contributed by atoms with Crippen LogP contribution in [-0.2, 0) is 14.9 Å². The molecule has 1 rings (SSSR count). The molecule has 0 bridgehead atoms. The Bertz CT molecular complexity index is 407. The van der Waals surface area contributed by atoms with Crippen molar-refractivity contribution in [3.8, 4) is 0 Å². The molecular weight excluding hydrogens is 224 g/mol. The molecule has 0 radical (unpaired) electrons. The van der Waals surface area contributed by atoms with Gasteiger partial charge in [-0.2, -0.15) is 0 Å². The highest BCUT2D eigenvalue weighted by molar-refractivity contribution is 5.71. The van der Waals surface area contributed by atoms with Gasteiger partial charge in [-0.1, -0.05) is 6.07 Å². The highest BCUT2D eigenvalue weighted by Crippen LogP contribution is 2.27. The summed E-state index contributed by atoms with van der Waals surface area (Å²) >= 11 is 0. The molecule has 1 atom stereocenters. The lowest BCUT2D eigenvalue weighted by Gasteiger charge is -2.23. The number of pyridine rings is 1. The second-order valence-corrected chi connectivity index (χ2v) is 4.05. The smallest absolute Gasteiger partial charge is 0.306 e. The van der Waals surface area contributed by atoms with Gasteiger partial charge in [-0.3, -0.25) is 19.9 Å². The molecule has 17 heavy (non-hydrogen) atoms. The molecule has 0 saturated carbocycles. The van der Waals surface area contributed by atoms with Crippen molar-refractivity contribution in [3.05, 3.63) is 40.2 Å². The first-order chi connectivity index (χ1) is 7.98. The van der Waals surface area contributed by atoms with Gasteiger partial charge in [0.05, 0.1) is 18.9 Å². The van der Waals surface area contributed by atoms with E-state index in [1.807, 2.05) is 0 Å². The second kappa shape index (κ2) is 5.38. The summed E-state index contributed by atoms with van der Waals surface area (Å²) in [5.41, 5.74) is -0.243. The Labute approximate surface area is 98.8 Å². The van der Waals surface area contributed by atoms with Crippen LogP contribution >= 0.6 is 0 Å². The fourth-order valence-corrected chi connectivity index (χ4v) is 1.64. The third kappa shape index (κ3) is 3.51. The van der Waals surface area contributed by atoms with Crippen molar-refractivity contribution in [2.24, 2.45) is 0 Å². The second-order valence-electron chi connectivity index (χ2n) is 4.05. The number of carbonyl (C=O) groups excluding carboxylic acids is 1. The van der Waals surface area contributed by atoms with Crippen LogP contribution in [0.2, 0.25) is 0 Å². The lowest BCUT2D eigenvalue weighted by Crippen LogP contribution is -2.34. The van der Waals surface area contributed by atoms with Crippen LogP contribution in [0.15, 0.2) is 24.5 Å². The topological polar surface area (TPSA) is 82.3 Å². The number of hydrogen-bond donors (Lipinski definition) is 0. The standard InChI is InChI=1S/C11H14N2O4/c1-11(8-13(15)16,6-10(14)17-2)9-4-3-5-12-7-9/h3-5,7H,6,8H2,1-2H3/t11-/m1/s1. The molecule has 1 aromatic heterocycles. The summed E-state index contributed by atoms with van der Waals surface area (Å²) < 4.78 is 4.57. The van der Waals surface area contributed by atoms with Crippen molar-refractivity contribution in [1.82, 2.24) is 4.98 Å². The first-order valence-electron chi connectivity index (χ1n) is 5.07. The van der Waals surface area contributed by atoms with E-state index in [1.165, 1.54) is 13.3 Å². The largest absolute Gasteiger partial charge is 0.469 e. The van der Waals surface area contributed by atoms with E-state index >= 15 is 0 Å². The van der Waals surface area contributed by atoms with Crippen molar-refractivity contribution < 1.29 is 14.5 Å². The van der Waals surface area contributed by atoms with Crippen molar-refractivity contribution in [3.63, 3.8) is 0 Å². The summed E-state index contributed by atoms with van der Waals surface area (Å²) in [6.07, 6.45) is 3.07. The fraction of sp³-hybridized carbons (Fsp3) is 0.455. The quantitative estimate of drug-likeness (QED) is 0.437. The van der Waals surface area contributed by atoms with Gasteiger partial charge in [-0.15, -0.1) is 0 Å². The molecule has 1 heterocycles. The number of rotatable bonds is 5. The van der Waals surface area contributed by atoms with Crippen LogP contribution in [0.25, 0.3) is 0 Å². The number of hydrogen-bond acceptors (Lipinski definition) is 5. The van der Waals surface area contributed by atoms with E-state index in [0.717, 1.165) is 0 Å². The van der Waals surface area contributed by atoms with Crippen LogP contribution < -0.4 is 0 Å². The molecule has 0 N–H and O–H groups in total. The Morgan fingerprint density at radius 1 is 1.65 bits per heavy atom. The van der Waals surface area contributed by atoms with E-state index in [1.54, 1.807) is 25.3 Å². The summed E-state index contributed by atoms with van der Waals surface area (Å²) in [5, 5.41) is 10.7. The van der Waals surface area contributed by atoms with Gasteiger partial charge in [-0.25, -0.2) is 0 Å². The molecule has 0 unspecified atom stereocenters. The number of carbonyl (C=O) groups is 1. The predicted molar refractivity (Wildman–Crippen MR) is 60.1 cm³/mol. The Hall–Kier alpha value is -1.98. The third-order valence-corrected chi connectivity index (χ3v) is 2.60. The van der Waals surface area contributed by atoms with Crippen LogP contribution in [0.5, 0.6) is 0 Å². The van der Waals surface area contributed by atoms with E-state index in [2.05, 4.69) is 9.72 Å². The third-order valence-electron chi connectivity index (χ3n) is 2.60. The molecule has 6 nitrogen and oxygen atoms in total. The predicted octanol–water partition coefficient (Wildman–Crippen LogP) is 1.18. The highest BCUT2D eigenvalue weighted by Gasteiger charge is 2.35. The number of esters is 1. The van der Waals surface area contributed by atoms with E-state index in [4.69, 9.17) is 0 Å². The van der Waals surface area contributed by atoms with Gasteiger partial charge in [0.2, 0.25) is 6.54 Å². The molecule has 0 amide bonds. The van der Waals surface area contributed by atoms with Gasteiger partial charge in [-0.05, 0) is 18.6 Å². The number of nitro groups is 1. The molecule has 6 heteroatoms. The molecule has 1 aromatic rings. The molecule has 0 aliphatic carbocycles. The van der Waals surface area contributed by atoms with Crippen LogP contribution in [-0.4, -0.2) is 29.5 Å². The monoisotopic (exact) mass is 238 g/mol. The number of ether oxygens (including phenoxy) is 1. The van der Waals surface area contributed by atoms with Gasteiger partial charge in [0, 0.05) is 17.3 Å². The van der Waals surface area contributed by atoms with Crippen molar-refractivity contribution >= 4 is 5.97 Å². The van der Waals surface area contributed by atoms with Crippen molar-refractivity contribution in [2.75, 3.05) is 13.7 Å². The molecule has 92 valence electrons. The minimum absolute atomic E-state index is 0.0455. The molecular formula is C11H14N2O4. The fourth-order valence-electron chi connectivity index (χ4n) is 1.64. The van der Waals surface area contributed by atoms with E-state index in [9.17, 15) is 14.9 Å². The first kappa shape index (κ1) is 13.1. The van der Waals surface area contributed by atoms with Crippen molar-refractivity contribution in [2.45, 2.75) is 18.8 Å². The van der Waals surface area contributed by atoms with Crippen molar-refractivity contribution in [1.29, 1.82) is 0 Å². The Morgan fingerprint density at radius 2 is 2.35 bits per heavy atom. The summed E-state index contributed by atoms with van der Waals surface area (Å²) in [6.45, 7) is 1.32. The van der Waals surface area contributed by atoms with E-state index in [-0.39, 0.29) is 13.0 Å². The average molecular weight is 238 g/mol. The molecule has 0 fully saturated rings. The number of nitrogens with zero attached hydrogens (tertiary/aromatic N) is 2. The maximum atomic E-state index is 11.3. The zero-order valence-corrected chi connectivity index (χ0v) is 9.75. The lowest BCUT2D eigenvalue weighted by atomic mass is 9.80. The first-order valence-corrected chi connectivity index (χ1v) is 5.07. The molecule has 0 saturated heterocycles. The lowest BCUT2D eigenvalue weighted by molar-refractivity contribution is -0.490. The molecule has 0 aliphatic rings. The van der Waals surface area contributed by atoms with Gasteiger partial charge < -0.3 is 4.74 Å². The summed E-state index contributed by atoms with van der Waals surface area (Å²) in [7, 11) is 1.26. The summed E-state index contributed by atoms with van der Waals surface area (Å²) in [4.78, 5) is 25.5. The van der Waals surface area contributed by atoms with Gasteiger partial charge in [0.1, 0.15) is 0 Å². The Balaban J connectivity index is 3.01. The molecule has 0 spiro atoms. The zero-order valence-electron chi connectivity index (χ0n) is 9.75. The minimum Gasteiger partial charge on any atom is -0.469 e. The Kier molecular flexibility index (Phi) is 4.14. The molecule has 0 aliphatic heterocycles. The van der Waals surface area contributed by atoms with Gasteiger partial charge >= 0.3 is 5.97 Å². The highest BCUT2D eigenvalue weighted by atomic mass is 16.6. The van der Waals surface area contributed by atoms with Crippen LogP contribution in [0.1, 0.15) is 18.9 Å². The maximum Gasteiger partial charge on any atom is 0.306 e. The van der Waals surface area contributed by atoms with E-state index < -0.39 is 16.3 Å². The van der Waals surface area contributed by atoms with Crippen LogP contribution in [0.3, 0.4) is 0 Å². The summed E-state index contributed by atoms with van der Waals surface area (Å²) in [6, 6.07) is 3.41. The maximum absolute atomic E-state index is 11.3. The number of methoxy groups -OCH3 is 1. The zero-order chi connectivity index (χ0) is 12.9. The molecule has 0 aromatic carbocycles. The summed E-state index contributed by atoms with van der Waals surface area (Å²) in [5.74, 6) is -0.474. The van der Waals surface area contributed by atoms with Crippen LogP contribution in [0.4, 0.5) is 0 Å². The van der Waals surface area contributed by atoms with Crippen LogP contribution in [0, 0.1) is 10.1 Å². The van der Waals surface area contributed by atoms with E-state index in [0.29, 0.717) is 5.56 Å². The average Bonchev–Trinajstić information content (AvgIpc) is 2.29. The minimum atomic E-state index is -0.898. The normalized spacial score (nSPS) is 13.8.